The molecule has 1 atom stereocenters. The van der Waals surface area contributed by atoms with Gasteiger partial charge >= 0.3 is 0 Å². The van der Waals surface area contributed by atoms with Crippen LogP contribution in [0.2, 0.25) is 0 Å². The molecule has 0 aromatic heterocycles. The van der Waals surface area contributed by atoms with Crippen LogP contribution >= 0.6 is 0 Å². The number of rotatable bonds is 8. The molecule has 0 aliphatic carbocycles. The van der Waals surface area contributed by atoms with Gasteiger partial charge in [-0.2, -0.15) is 5.26 Å². The van der Waals surface area contributed by atoms with Gasteiger partial charge in [-0.3, -0.25) is 4.90 Å². The van der Waals surface area contributed by atoms with Crippen molar-refractivity contribution in [2.75, 3.05) is 13.2 Å². The van der Waals surface area contributed by atoms with E-state index in [1.165, 1.54) is 5.56 Å². The van der Waals surface area contributed by atoms with Crippen molar-refractivity contribution in [2.45, 2.75) is 32.5 Å². The first kappa shape index (κ1) is 18.0. The second kappa shape index (κ2) is 9.07. The molecule has 0 amide bonds. The number of benzene rings is 2. The van der Waals surface area contributed by atoms with Crippen molar-refractivity contribution in [1.82, 2.24) is 4.90 Å². The van der Waals surface area contributed by atoms with Gasteiger partial charge in [-0.15, -0.1) is 0 Å². The van der Waals surface area contributed by atoms with Gasteiger partial charge in [-0.05, 0) is 43.7 Å². The molecule has 0 aliphatic rings. The van der Waals surface area contributed by atoms with E-state index in [-0.39, 0.29) is 6.61 Å². The lowest BCUT2D eigenvalue weighted by Gasteiger charge is -2.28. The number of aliphatic hydroxyl groups excluding tert-OH is 1. The van der Waals surface area contributed by atoms with Crippen molar-refractivity contribution in [3.05, 3.63) is 65.7 Å². The van der Waals surface area contributed by atoms with E-state index in [9.17, 15) is 5.11 Å². The van der Waals surface area contributed by atoms with Crippen LogP contribution in [-0.2, 0) is 6.54 Å². The lowest BCUT2D eigenvalue weighted by molar-refractivity contribution is 0.0543. The predicted molar refractivity (Wildman–Crippen MR) is 94.6 cm³/mol. The zero-order valence-electron chi connectivity index (χ0n) is 14.2. The zero-order chi connectivity index (χ0) is 17.4. The summed E-state index contributed by atoms with van der Waals surface area (Å²) in [4.78, 5) is 2.22. The molecule has 2 aromatic carbocycles. The summed E-state index contributed by atoms with van der Waals surface area (Å²) in [6, 6.07) is 19.5. The van der Waals surface area contributed by atoms with E-state index < -0.39 is 6.10 Å². The van der Waals surface area contributed by atoms with E-state index >= 15 is 0 Å². The van der Waals surface area contributed by atoms with E-state index in [0.29, 0.717) is 23.9 Å². The predicted octanol–water partition coefficient (Wildman–Crippen LogP) is 3.21. The summed E-state index contributed by atoms with van der Waals surface area (Å²) in [6.45, 7) is 5.81. The smallest absolute Gasteiger partial charge is 0.119 e. The third kappa shape index (κ3) is 5.69. The van der Waals surface area contributed by atoms with Crippen LogP contribution in [0.4, 0.5) is 0 Å². The van der Waals surface area contributed by atoms with Crippen molar-refractivity contribution in [2.24, 2.45) is 0 Å². The van der Waals surface area contributed by atoms with E-state index in [4.69, 9.17) is 10.00 Å². The minimum Gasteiger partial charge on any atom is -0.491 e. The van der Waals surface area contributed by atoms with Gasteiger partial charge in [0.1, 0.15) is 18.5 Å². The number of ether oxygens (including phenoxy) is 1. The lowest BCUT2D eigenvalue weighted by atomic mass is 10.1. The Balaban J connectivity index is 1.85. The van der Waals surface area contributed by atoms with Gasteiger partial charge in [-0.25, -0.2) is 0 Å². The third-order valence-electron chi connectivity index (χ3n) is 3.83. The minimum absolute atomic E-state index is 0.226. The Labute approximate surface area is 143 Å². The van der Waals surface area contributed by atoms with E-state index in [0.717, 1.165) is 6.54 Å². The summed E-state index contributed by atoms with van der Waals surface area (Å²) in [7, 11) is 0. The summed E-state index contributed by atoms with van der Waals surface area (Å²) in [6.07, 6.45) is -0.577. The first-order valence-corrected chi connectivity index (χ1v) is 8.17. The molecular weight excluding hydrogens is 300 g/mol. The summed E-state index contributed by atoms with van der Waals surface area (Å²) < 4.78 is 5.61. The van der Waals surface area contributed by atoms with Crippen molar-refractivity contribution in [1.29, 1.82) is 5.26 Å². The number of aliphatic hydroxyl groups is 1. The molecule has 0 bridgehead atoms. The molecular formula is C20H24N2O2. The van der Waals surface area contributed by atoms with Gasteiger partial charge in [0.2, 0.25) is 0 Å². The van der Waals surface area contributed by atoms with Crippen LogP contribution in [0, 0.1) is 11.3 Å². The molecule has 0 spiro atoms. The largest absolute Gasteiger partial charge is 0.491 e. The molecule has 0 aliphatic heterocycles. The van der Waals surface area contributed by atoms with Crippen LogP contribution in [0.1, 0.15) is 25.0 Å². The van der Waals surface area contributed by atoms with Crippen molar-refractivity contribution < 1.29 is 9.84 Å². The fourth-order valence-corrected chi connectivity index (χ4v) is 2.42. The van der Waals surface area contributed by atoms with Crippen LogP contribution in [0.3, 0.4) is 0 Å². The first-order chi connectivity index (χ1) is 11.6. The topological polar surface area (TPSA) is 56.5 Å². The Hall–Kier alpha value is -2.35. The summed E-state index contributed by atoms with van der Waals surface area (Å²) in [5, 5.41) is 19.1. The maximum atomic E-state index is 10.3. The molecule has 0 saturated heterocycles. The molecule has 4 heteroatoms. The highest BCUT2D eigenvalue weighted by Crippen LogP contribution is 2.13. The number of hydrogen-bond acceptors (Lipinski definition) is 4. The monoisotopic (exact) mass is 324 g/mol. The fraction of sp³-hybridized carbons (Fsp3) is 0.350. The van der Waals surface area contributed by atoms with Gasteiger partial charge in [0.15, 0.2) is 0 Å². The SMILES string of the molecule is CC(C)N(Cc1ccccc1)CC(O)COc1ccc(C#N)cc1. The Kier molecular flexibility index (Phi) is 6.80. The molecule has 1 unspecified atom stereocenters. The highest BCUT2D eigenvalue weighted by Gasteiger charge is 2.15. The van der Waals surface area contributed by atoms with Crippen LogP contribution in [0.25, 0.3) is 0 Å². The average molecular weight is 324 g/mol. The number of nitrogens with zero attached hydrogens (tertiary/aromatic N) is 2. The normalized spacial score (nSPS) is 12.2. The minimum atomic E-state index is -0.577. The van der Waals surface area contributed by atoms with Gasteiger partial charge in [0, 0.05) is 19.1 Å². The lowest BCUT2D eigenvalue weighted by Crippen LogP contribution is -2.39. The first-order valence-electron chi connectivity index (χ1n) is 8.17. The summed E-state index contributed by atoms with van der Waals surface area (Å²) >= 11 is 0. The maximum absolute atomic E-state index is 10.3. The van der Waals surface area contributed by atoms with E-state index in [1.54, 1.807) is 24.3 Å². The van der Waals surface area contributed by atoms with Gasteiger partial charge in [-0.1, -0.05) is 30.3 Å². The Morgan fingerprint density at radius 3 is 2.33 bits per heavy atom. The fourth-order valence-electron chi connectivity index (χ4n) is 2.42. The Bertz CT molecular complexity index is 648. The van der Waals surface area contributed by atoms with Crippen LogP contribution < -0.4 is 4.74 Å². The molecule has 126 valence electrons. The Morgan fingerprint density at radius 2 is 1.75 bits per heavy atom. The number of nitriles is 1. The van der Waals surface area contributed by atoms with Crippen LogP contribution in [0.5, 0.6) is 5.75 Å². The van der Waals surface area contributed by atoms with Crippen molar-refractivity contribution >= 4 is 0 Å². The van der Waals surface area contributed by atoms with Gasteiger partial charge in [0.05, 0.1) is 11.6 Å². The molecule has 0 fully saturated rings. The van der Waals surface area contributed by atoms with Crippen LogP contribution in [0.15, 0.2) is 54.6 Å². The molecule has 0 saturated carbocycles. The highest BCUT2D eigenvalue weighted by molar-refractivity contribution is 5.34. The average Bonchev–Trinajstić information content (AvgIpc) is 2.60. The van der Waals surface area contributed by atoms with E-state index in [1.807, 2.05) is 18.2 Å². The molecule has 0 heterocycles. The molecule has 2 rings (SSSR count). The second-order valence-corrected chi connectivity index (χ2v) is 6.11. The quantitative estimate of drug-likeness (QED) is 0.810. The molecule has 24 heavy (non-hydrogen) atoms. The van der Waals surface area contributed by atoms with Crippen LogP contribution in [-0.4, -0.2) is 35.3 Å². The third-order valence-corrected chi connectivity index (χ3v) is 3.83. The van der Waals surface area contributed by atoms with Crippen molar-refractivity contribution in [3.8, 4) is 11.8 Å². The van der Waals surface area contributed by atoms with Crippen molar-refractivity contribution in [3.63, 3.8) is 0 Å². The van der Waals surface area contributed by atoms with E-state index in [2.05, 4.69) is 36.9 Å². The maximum Gasteiger partial charge on any atom is 0.119 e. The molecule has 4 nitrogen and oxygen atoms in total. The standard InChI is InChI=1S/C20H24N2O2/c1-16(2)22(13-18-6-4-3-5-7-18)14-19(23)15-24-20-10-8-17(12-21)9-11-20/h3-11,16,19,23H,13-15H2,1-2H3. The molecule has 1 N–H and O–H groups in total. The summed E-state index contributed by atoms with van der Waals surface area (Å²) in [5.74, 6) is 0.659. The second-order valence-electron chi connectivity index (χ2n) is 6.11. The zero-order valence-corrected chi connectivity index (χ0v) is 14.2. The summed E-state index contributed by atoms with van der Waals surface area (Å²) in [5.41, 5.74) is 1.82. The van der Waals surface area contributed by atoms with Gasteiger partial charge < -0.3 is 9.84 Å². The van der Waals surface area contributed by atoms with Gasteiger partial charge in [0.25, 0.3) is 0 Å². The number of hydrogen-bond donors (Lipinski definition) is 1. The Morgan fingerprint density at radius 1 is 1.08 bits per heavy atom. The molecule has 0 radical (unpaired) electrons. The highest BCUT2D eigenvalue weighted by atomic mass is 16.5. The molecule has 2 aromatic rings.